The van der Waals surface area contributed by atoms with Crippen molar-refractivity contribution in [1.29, 1.82) is 0 Å². The Balaban J connectivity index is 1.42. The van der Waals surface area contributed by atoms with Gasteiger partial charge in [0.2, 0.25) is 0 Å². The van der Waals surface area contributed by atoms with E-state index in [1.807, 2.05) is 54.3 Å². The molecule has 0 unspecified atom stereocenters. The van der Waals surface area contributed by atoms with Crippen LogP contribution in [0.25, 0.3) is 0 Å². The molecule has 2 amide bonds. The maximum atomic E-state index is 13.8. The first-order chi connectivity index (χ1) is 17.4. The predicted molar refractivity (Wildman–Crippen MR) is 140 cm³/mol. The summed E-state index contributed by atoms with van der Waals surface area (Å²) in [6.45, 7) is 5.95. The molecule has 1 N–H and O–H groups in total. The van der Waals surface area contributed by atoms with Crippen molar-refractivity contribution in [2.24, 2.45) is 0 Å². The Bertz CT molecular complexity index is 1320. The van der Waals surface area contributed by atoms with Crippen molar-refractivity contribution in [3.63, 3.8) is 0 Å². The summed E-state index contributed by atoms with van der Waals surface area (Å²) >= 11 is 7.27. The van der Waals surface area contributed by atoms with Crippen LogP contribution in [0.5, 0.6) is 0 Å². The fourth-order valence-corrected chi connectivity index (χ4v) is 5.73. The first kappa shape index (κ1) is 24.6. The van der Waals surface area contributed by atoms with E-state index in [1.54, 1.807) is 0 Å². The number of piperazine rings is 1. The lowest BCUT2D eigenvalue weighted by Crippen LogP contribution is -3.13. The Morgan fingerprint density at radius 2 is 1.64 bits per heavy atom. The molecular weight excluding hydrogens is 497 g/mol. The second-order valence-corrected chi connectivity index (χ2v) is 10.5. The number of thioether (sulfide) groups is 1. The quantitative estimate of drug-likeness (QED) is 0.496. The number of imide groups is 1. The number of aryl methyl sites for hydroxylation is 1. The monoisotopic (exact) mass is 522 g/mol. The molecular formula is C28H26ClFN3O2S+. The Morgan fingerprint density at radius 1 is 0.944 bits per heavy atom. The van der Waals surface area contributed by atoms with E-state index in [9.17, 15) is 14.0 Å². The van der Waals surface area contributed by atoms with Gasteiger partial charge in [0, 0.05) is 10.5 Å². The van der Waals surface area contributed by atoms with E-state index in [2.05, 4.69) is 12.1 Å². The molecule has 0 radical (unpaired) electrons. The van der Waals surface area contributed by atoms with Gasteiger partial charge in [-0.2, -0.15) is 0 Å². The summed E-state index contributed by atoms with van der Waals surface area (Å²) in [7, 11) is 0. The van der Waals surface area contributed by atoms with E-state index >= 15 is 0 Å². The van der Waals surface area contributed by atoms with Crippen molar-refractivity contribution in [2.75, 3.05) is 31.1 Å². The van der Waals surface area contributed by atoms with Crippen LogP contribution in [0.15, 0.2) is 88.3 Å². The summed E-state index contributed by atoms with van der Waals surface area (Å²) in [5.74, 6) is -1.41. The molecule has 0 bridgehead atoms. The minimum Gasteiger partial charge on any atom is -0.355 e. The van der Waals surface area contributed by atoms with Gasteiger partial charge in [-0.1, -0.05) is 71.4 Å². The molecule has 0 atom stereocenters. The zero-order valence-electron chi connectivity index (χ0n) is 19.8. The summed E-state index contributed by atoms with van der Waals surface area (Å²) in [6.07, 6.45) is 0. The summed E-state index contributed by atoms with van der Waals surface area (Å²) in [6, 6.07) is 22.1. The number of carbonyl (C=O) groups excluding carboxylic acids is 2. The van der Waals surface area contributed by atoms with Crippen LogP contribution in [0.1, 0.15) is 11.1 Å². The van der Waals surface area contributed by atoms with Gasteiger partial charge in [0.1, 0.15) is 23.0 Å². The highest BCUT2D eigenvalue weighted by atomic mass is 35.5. The van der Waals surface area contributed by atoms with Gasteiger partial charge in [0.05, 0.1) is 36.9 Å². The van der Waals surface area contributed by atoms with Crippen molar-refractivity contribution in [2.45, 2.75) is 18.4 Å². The summed E-state index contributed by atoms with van der Waals surface area (Å²) in [5, 5.41) is -0.132. The highest BCUT2D eigenvalue weighted by Crippen LogP contribution is 2.39. The molecule has 0 spiro atoms. The molecule has 2 heterocycles. The number of carbonyl (C=O) groups is 2. The lowest BCUT2D eigenvalue weighted by atomic mass is 10.2. The second-order valence-electron chi connectivity index (χ2n) is 9.04. The fourth-order valence-electron chi connectivity index (χ4n) is 4.56. The molecule has 0 aliphatic carbocycles. The van der Waals surface area contributed by atoms with Gasteiger partial charge in [-0.05, 0) is 37.3 Å². The topological polar surface area (TPSA) is 45.1 Å². The average molecular weight is 523 g/mol. The minimum atomic E-state index is -0.598. The smallest absolute Gasteiger partial charge is 0.283 e. The fraction of sp³-hybridized carbons (Fsp3) is 0.214. The van der Waals surface area contributed by atoms with Gasteiger partial charge in [-0.25, -0.2) is 9.29 Å². The van der Waals surface area contributed by atoms with Crippen LogP contribution in [0.4, 0.5) is 10.1 Å². The standard InChI is InChI=1S/C28H25ClFN3O2S/c1-19-7-10-22(11-8-19)36-26-25(27(34)33(28(26)35)21-9-12-24(30)23(29)17-21)32-15-13-31(14-16-32)18-20-5-3-2-4-6-20/h2-12,17H,13-16,18H2,1H3/p+1. The molecule has 0 saturated carbocycles. The van der Waals surface area contributed by atoms with Gasteiger partial charge in [0.25, 0.3) is 11.8 Å². The number of hydrogen-bond donors (Lipinski definition) is 1. The van der Waals surface area contributed by atoms with E-state index in [-0.39, 0.29) is 10.7 Å². The van der Waals surface area contributed by atoms with Gasteiger partial charge in [-0.15, -0.1) is 0 Å². The molecule has 3 aromatic carbocycles. The molecule has 3 aromatic rings. The van der Waals surface area contributed by atoms with Gasteiger partial charge in [0.15, 0.2) is 0 Å². The van der Waals surface area contributed by atoms with Crippen LogP contribution in [0.3, 0.4) is 0 Å². The summed E-state index contributed by atoms with van der Waals surface area (Å²) in [4.78, 5) is 33.1. The number of benzene rings is 3. The first-order valence-corrected chi connectivity index (χ1v) is 13.1. The molecule has 36 heavy (non-hydrogen) atoms. The van der Waals surface area contributed by atoms with E-state index in [0.29, 0.717) is 23.7 Å². The first-order valence-electron chi connectivity index (χ1n) is 11.9. The third-order valence-electron chi connectivity index (χ3n) is 6.50. The number of anilines is 1. The lowest BCUT2D eigenvalue weighted by Gasteiger charge is -2.34. The number of nitrogens with zero attached hydrogens (tertiary/aromatic N) is 2. The molecule has 5 rings (SSSR count). The van der Waals surface area contributed by atoms with Crippen LogP contribution in [0, 0.1) is 12.7 Å². The van der Waals surface area contributed by atoms with Gasteiger partial charge < -0.3 is 9.80 Å². The van der Waals surface area contributed by atoms with Crippen molar-refractivity contribution in [3.05, 3.63) is 105 Å². The SMILES string of the molecule is Cc1ccc(SC2=C(N3CC[NH+](Cc4ccccc4)CC3)C(=O)N(c3ccc(F)c(Cl)c3)C2=O)cc1. The predicted octanol–water partition coefficient (Wildman–Crippen LogP) is 4.07. The number of nitrogens with one attached hydrogen (secondary N) is 1. The van der Waals surface area contributed by atoms with Crippen molar-refractivity contribution in [1.82, 2.24) is 4.90 Å². The Hall–Kier alpha value is -3.13. The highest BCUT2D eigenvalue weighted by Gasteiger charge is 2.43. The number of halogens is 2. The maximum Gasteiger partial charge on any atom is 0.283 e. The molecule has 2 aliphatic rings. The Morgan fingerprint density at radius 3 is 2.31 bits per heavy atom. The second kappa shape index (κ2) is 10.5. The average Bonchev–Trinajstić information content (AvgIpc) is 3.12. The molecule has 5 nitrogen and oxygen atoms in total. The third-order valence-corrected chi connectivity index (χ3v) is 7.87. The number of hydrogen-bond acceptors (Lipinski definition) is 4. The van der Waals surface area contributed by atoms with E-state index < -0.39 is 17.6 Å². The summed E-state index contributed by atoms with van der Waals surface area (Å²) < 4.78 is 13.8. The minimum absolute atomic E-state index is 0.132. The molecule has 0 aromatic heterocycles. The van der Waals surface area contributed by atoms with E-state index in [4.69, 9.17) is 11.6 Å². The Kier molecular flexibility index (Phi) is 7.14. The van der Waals surface area contributed by atoms with Crippen LogP contribution < -0.4 is 9.80 Å². The van der Waals surface area contributed by atoms with Crippen LogP contribution in [-0.4, -0.2) is 42.9 Å². The van der Waals surface area contributed by atoms with Crippen LogP contribution >= 0.6 is 23.4 Å². The largest absolute Gasteiger partial charge is 0.355 e. The van der Waals surface area contributed by atoms with Crippen molar-refractivity contribution < 1.29 is 18.9 Å². The zero-order valence-corrected chi connectivity index (χ0v) is 21.4. The molecule has 1 fully saturated rings. The Labute approximate surface area is 219 Å². The normalized spacial score (nSPS) is 16.9. The molecule has 8 heteroatoms. The van der Waals surface area contributed by atoms with Crippen molar-refractivity contribution in [3.8, 4) is 0 Å². The number of amides is 2. The number of rotatable bonds is 6. The zero-order chi connectivity index (χ0) is 25.2. The molecule has 2 aliphatic heterocycles. The lowest BCUT2D eigenvalue weighted by molar-refractivity contribution is -0.917. The third kappa shape index (κ3) is 5.05. The van der Waals surface area contributed by atoms with Crippen LogP contribution in [-0.2, 0) is 16.1 Å². The molecule has 1 saturated heterocycles. The maximum absolute atomic E-state index is 13.8. The van der Waals surface area contributed by atoms with E-state index in [1.165, 1.54) is 40.4 Å². The van der Waals surface area contributed by atoms with E-state index in [0.717, 1.165) is 35.0 Å². The molecule has 184 valence electrons. The number of quaternary nitrogens is 1. The van der Waals surface area contributed by atoms with Gasteiger partial charge >= 0.3 is 0 Å². The van der Waals surface area contributed by atoms with Crippen LogP contribution in [0.2, 0.25) is 5.02 Å². The van der Waals surface area contributed by atoms with Crippen molar-refractivity contribution >= 4 is 40.9 Å². The van der Waals surface area contributed by atoms with Gasteiger partial charge in [-0.3, -0.25) is 9.59 Å². The highest BCUT2D eigenvalue weighted by molar-refractivity contribution is 8.04. The summed E-state index contributed by atoms with van der Waals surface area (Å²) in [5.41, 5.74) is 3.07.